The summed E-state index contributed by atoms with van der Waals surface area (Å²) >= 11 is 0. The van der Waals surface area contributed by atoms with Crippen molar-refractivity contribution in [3.8, 4) is 11.4 Å². The van der Waals surface area contributed by atoms with Gasteiger partial charge in [-0.25, -0.2) is 14.4 Å². The molecular formula is C16H20FN3. The van der Waals surface area contributed by atoms with E-state index in [2.05, 4.69) is 22.2 Å². The van der Waals surface area contributed by atoms with E-state index in [9.17, 15) is 4.39 Å². The van der Waals surface area contributed by atoms with Gasteiger partial charge in [-0.05, 0) is 51.0 Å². The molecule has 2 rings (SSSR count). The van der Waals surface area contributed by atoms with Crippen molar-refractivity contribution >= 4 is 5.82 Å². The van der Waals surface area contributed by atoms with Crippen molar-refractivity contribution < 1.29 is 4.39 Å². The minimum Gasteiger partial charge on any atom is -0.370 e. The van der Waals surface area contributed by atoms with E-state index < -0.39 is 0 Å². The lowest BCUT2D eigenvalue weighted by Crippen LogP contribution is -2.08. The highest BCUT2D eigenvalue weighted by molar-refractivity contribution is 5.63. The molecule has 106 valence electrons. The Hall–Kier alpha value is -1.97. The summed E-state index contributed by atoms with van der Waals surface area (Å²) in [6.07, 6.45) is 0.886. The monoisotopic (exact) mass is 273 g/mol. The van der Waals surface area contributed by atoms with Crippen LogP contribution in [-0.2, 0) is 6.42 Å². The summed E-state index contributed by atoms with van der Waals surface area (Å²) in [5, 5.41) is 3.28. The van der Waals surface area contributed by atoms with Crippen LogP contribution in [0.15, 0.2) is 18.2 Å². The summed E-state index contributed by atoms with van der Waals surface area (Å²) in [5.41, 5.74) is 3.82. The van der Waals surface area contributed by atoms with Gasteiger partial charge in [0, 0.05) is 23.4 Å². The Morgan fingerprint density at radius 2 is 1.90 bits per heavy atom. The lowest BCUT2D eigenvalue weighted by molar-refractivity contribution is 0.627. The van der Waals surface area contributed by atoms with Crippen LogP contribution in [0.1, 0.15) is 30.7 Å². The van der Waals surface area contributed by atoms with E-state index >= 15 is 0 Å². The van der Waals surface area contributed by atoms with Gasteiger partial charge >= 0.3 is 0 Å². The van der Waals surface area contributed by atoms with Crippen LogP contribution in [-0.4, -0.2) is 16.5 Å². The molecular weight excluding hydrogens is 253 g/mol. The number of rotatable bonds is 4. The molecule has 0 aliphatic carbocycles. The molecule has 0 aliphatic heterocycles. The van der Waals surface area contributed by atoms with E-state index in [4.69, 9.17) is 0 Å². The molecule has 3 nitrogen and oxygen atoms in total. The molecule has 20 heavy (non-hydrogen) atoms. The molecule has 1 aromatic carbocycles. The molecule has 0 fully saturated rings. The summed E-state index contributed by atoms with van der Waals surface area (Å²) in [5.74, 6) is 1.29. The molecule has 0 saturated carbocycles. The molecule has 1 heterocycles. The Balaban J connectivity index is 2.57. The number of nitrogens with one attached hydrogen (secondary N) is 1. The topological polar surface area (TPSA) is 37.8 Å². The molecule has 1 N–H and O–H groups in total. The van der Waals surface area contributed by atoms with Gasteiger partial charge in [0.2, 0.25) is 0 Å². The average molecular weight is 273 g/mol. The molecule has 1 aromatic heterocycles. The van der Waals surface area contributed by atoms with Gasteiger partial charge < -0.3 is 5.32 Å². The summed E-state index contributed by atoms with van der Waals surface area (Å²) in [6, 6.07) is 4.69. The maximum Gasteiger partial charge on any atom is 0.162 e. The number of benzene rings is 1. The SMILES string of the molecule is CCNc1nc(-c2ccc(F)cc2C)nc(C)c1CC. The fourth-order valence-electron chi connectivity index (χ4n) is 2.33. The zero-order chi connectivity index (χ0) is 14.7. The van der Waals surface area contributed by atoms with E-state index in [-0.39, 0.29) is 5.82 Å². The van der Waals surface area contributed by atoms with Crippen LogP contribution in [0.2, 0.25) is 0 Å². The number of aryl methyl sites for hydroxylation is 2. The third-order valence-electron chi connectivity index (χ3n) is 3.34. The number of aromatic nitrogens is 2. The van der Waals surface area contributed by atoms with Gasteiger partial charge in [0.1, 0.15) is 11.6 Å². The Bertz CT molecular complexity index is 623. The van der Waals surface area contributed by atoms with Crippen LogP contribution in [0.4, 0.5) is 10.2 Å². The van der Waals surface area contributed by atoms with Crippen molar-refractivity contribution in [1.82, 2.24) is 9.97 Å². The minimum atomic E-state index is -0.236. The summed E-state index contributed by atoms with van der Waals surface area (Å²) in [6.45, 7) is 8.81. The smallest absolute Gasteiger partial charge is 0.162 e. The highest BCUT2D eigenvalue weighted by Gasteiger charge is 2.12. The summed E-state index contributed by atoms with van der Waals surface area (Å²) in [7, 11) is 0. The first kappa shape index (κ1) is 14.4. The second kappa shape index (κ2) is 5.99. The Morgan fingerprint density at radius 1 is 1.15 bits per heavy atom. The predicted molar refractivity (Wildman–Crippen MR) is 80.4 cm³/mol. The van der Waals surface area contributed by atoms with Crippen LogP contribution in [0.25, 0.3) is 11.4 Å². The van der Waals surface area contributed by atoms with Gasteiger partial charge in [-0.3, -0.25) is 0 Å². The Kier molecular flexibility index (Phi) is 4.32. The van der Waals surface area contributed by atoms with E-state index in [1.165, 1.54) is 12.1 Å². The van der Waals surface area contributed by atoms with Crippen molar-refractivity contribution in [3.63, 3.8) is 0 Å². The predicted octanol–water partition coefficient (Wildman–Crippen LogP) is 3.89. The lowest BCUT2D eigenvalue weighted by atomic mass is 10.1. The number of halogens is 1. The van der Waals surface area contributed by atoms with Gasteiger partial charge in [-0.1, -0.05) is 6.92 Å². The number of hydrogen-bond acceptors (Lipinski definition) is 3. The Labute approximate surface area is 119 Å². The fraction of sp³-hybridized carbons (Fsp3) is 0.375. The second-order valence-electron chi connectivity index (χ2n) is 4.80. The first-order valence-corrected chi connectivity index (χ1v) is 6.94. The molecule has 0 atom stereocenters. The number of hydrogen-bond donors (Lipinski definition) is 1. The molecule has 0 aliphatic rings. The summed E-state index contributed by atoms with van der Waals surface area (Å²) < 4.78 is 13.2. The lowest BCUT2D eigenvalue weighted by Gasteiger charge is -2.14. The molecule has 2 aromatic rings. The highest BCUT2D eigenvalue weighted by Crippen LogP contribution is 2.25. The van der Waals surface area contributed by atoms with E-state index in [1.54, 1.807) is 6.07 Å². The second-order valence-corrected chi connectivity index (χ2v) is 4.80. The third kappa shape index (κ3) is 2.79. The van der Waals surface area contributed by atoms with E-state index in [1.807, 2.05) is 20.8 Å². The van der Waals surface area contributed by atoms with Gasteiger partial charge in [0.25, 0.3) is 0 Å². The van der Waals surface area contributed by atoms with Crippen molar-refractivity contribution in [2.24, 2.45) is 0 Å². The van der Waals surface area contributed by atoms with Gasteiger partial charge in [-0.15, -0.1) is 0 Å². The van der Waals surface area contributed by atoms with Gasteiger partial charge in [0.15, 0.2) is 5.82 Å². The minimum absolute atomic E-state index is 0.236. The fourth-order valence-corrected chi connectivity index (χ4v) is 2.33. The molecule has 0 amide bonds. The van der Waals surface area contributed by atoms with Crippen molar-refractivity contribution in [3.05, 3.63) is 40.8 Å². The van der Waals surface area contributed by atoms with Gasteiger partial charge in [0.05, 0.1) is 0 Å². The Morgan fingerprint density at radius 3 is 2.50 bits per heavy atom. The van der Waals surface area contributed by atoms with Crippen molar-refractivity contribution in [2.75, 3.05) is 11.9 Å². The maximum atomic E-state index is 13.2. The van der Waals surface area contributed by atoms with E-state index in [0.29, 0.717) is 5.82 Å². The van der Waals surface area contributed by atoms with Crippen molar-refractivity contribution in [2.45, 2.75) is 34.1 Å². The van der Waals surface area contributed by atoms with E-state index in [0.717, 1.165) is 41.2 Å². The van der Waals surface area contributed by atoms with Crippen LogP contribution in [0.3, 0.4) is 0 Å². The van der Waals surface area contributed by atoms with Crippen LogP contribution >= 0.6 is 0 Å². The number of anilines is 1. The van der Waals surface area contributed by atoms with Crippen molar-refractivity contribution in [1.29, 1.82) is 0 Å². The molecule has 0 bridgehead atoms. The zero-order valence-corrected chi connectivity index (χ0v) is 12.4. The third-order valence-corrected chi connectivity index (χ3v) is 3.34. The number of nitrogens with zero attached hydrogens (tertiary/aromatic N) is 2. The summed E-state index contributed by atoms with van der Waals surface area (Å²) in [4.78, 5) is 9.18. The normalized spacial score (nSPS) is 10.7. The average Bonchev–Trinajstić information content (AvgIpc) is 2.38. The zero-order valence-electron chi connectivity index (χ0n) is 12.4. The van der Waals surface area contributed by atoms with Crippen LogP contribution in [0.5, 0.6) is 0 Å². The van der Waals surface area contributed by atoms with Gasteiger partial charge in [-0.2, -0.15) is 0 Å². The largest absolute Gasteiger partial charge is 0.370 e. The maximum absolute atomic E-state index is 13.2. The van der Waals surface area contributed by atoms with Crippen LogP contribution < -0.4 is 5.32 Å². The molecule has 0 radical (unpaired) electrons. The van der Waals surface area contributed by atoms with Crippen LogP contribution in [0, 0.1) is 19.7 Å². The molecule has 0 spiro atoms. The highest BCUT2D eigenvalue weighted by atomic mass is 19.1. The quantitative estimate of drug-likeness (QED) is 0.918. The molecule has 0 saturated heterocycles. The first-order chi connectivity index (χ1) is 9.56. The first-order valence-electron chi connectivity index (χ1n) is 6.94. The molecule has 0 unspecified atom stereocenters. The molecule has 4 heteroatoms. The standard InChI is InChI=1S/C16H20FN3/c1-5-13-11(4)19-16(20-15(13)18-6-2)14-8-7-12(17)9-10(14)3/h7-9H,5-6H2,1-4H3,(H,18,19,20).